The summed E-state index contributed by atoms with van der Waals surface area (Å²) < 4.78 is 30.9. The molecular weight excluding hydrogens is 290 g/mol. The number of carbonyl (C=O) groups excluding carboxylic acids is 1. The highest BCUT2D eigenvalue weighted by molar-refractivity contribution is 6.31. The van der Waals surface area contributed by atoms with Gasteiger partial charge in [-0.25, -0.2) is 13.6 Å². The molecule has 0 saturated heterocycles. The molecule has 0 aliphatic heterocycles. The number of nitrogen functional groups attached to an aromatic ring is 1. The molecule has 1 heterocycles. The molecule has 1 aromatic carbocycles. The van der Waals surface area contributed by atoms with E-state index >= 15 is 0 Å². The highest BCUT2D eigenvalue weighted by atomic mass is 35.5. The molecule has 0 aliphatic carbocycles. The second kappa shape index (κ2) is 5.83. The van der Waals surface area contributed by atoms with Crippen molar-refractivity contribution in [1.82, 2.24) is 4.98 Å². The fraction of sp³-hybridized carbons (Fsp3) is 0.0769. The molecule has 1 aromatic heterocycles. The van der Waals surface area contributed by atoms with Gasteiger partial charge in [0.2, 0.25) is 0 Å². The Kier molecular flexibility index (Phi) is 4.14. The van der Waals surface area contributed by atoms with Gasteiger partial charge in [-0.2, -0.15) is 0 Å². The minimum Gasteiger partial charge on any atom is -0.457 e. The first-order chi connectivity index (χ1) is 9.49. The third-order valence-electron chi connectivity index (χ3n) is 2.53. The number of ether oxygens (including phenoxy) is 1. The summed E-state index contributed by atoms with van der Waals surface area (Å²) in [5.41, 5.74) is 5.54. The molecule has 2 aromatic rings. The van der Waals surface area contributed by atoms with Crippen LogP contribution in [0, 0.1) is 11.6 Å². The number of benzene rings is 1. The molecule has 7 heteroatoms. The number of aromatic nitrogens is 1. The van der Waals surface area contributed by atoms with Gasteiger partial charge in [0.1, 0.15) is 6.61 Å². The van der Waals surface area contributed by atoms with Gasteiger partial charge >= 0.3 is 5.97 Å². The number of carbonyl (C=O) groups is 1. The Labute approximate surface area is 118 Å². The zero-order chi connectivity index (χ0) is 14.7. The van der Waals surface area contributed by atoms with Gasteiger partial charge in [0.15, 0.2) is 11.6 Å². The summed E-state index contributed by atoms with van der Waals surface area (Å²) in [5, 5.41) is 0.332. The lowest BCUT2D eigenvalue weighted by atomic mass is 10.1. The van der Waals surface area contributed by atoms with Crippen molar-refractivity contribution in [2.75, 3.05) is 5.73 Å². The first-order valence-electron chi connectivity index (χ1n) is 5.49. The summed E-state index contributed by atoms with van der Waals surface area (Å²) >= 11 is 5.84. The summed E-state index contributed by atoms with van der Waals surface area (Å²) in [6.45, 7) is -0.126. The lowest BCUT2D eigenvalue weighted by molar-refractivity contribution is 0.0473. The minimum absolute atomic E-state index is 0.126. The zero-order valence-electron chi connectivity index (χ0n) is 10.1. The van der Waals surface area contributed by atoms with Crippen molar-refractivity contribution in [3.63, 3.8) is 0 Å². The Morgan fingerprint density at radius 3 is 2.75 bits per heavy atom. The Balaban J connectivity index is 2.13. The van der Waals surface area contributed by atoms with Crippen LogP contribution in [0.15, 0.2) is 30.6 Å². The highest BCUT2D eigenvalue weighted by Gasteiger charge is 2.16. The van der Waals surface area contributed by atoms with Crippen LogP contribution < -0.4 is 5.73 Å². The number of hydrogen-bond acceptors (Lipinski definition) is 4. The number of halogens is 3. The normalized spacial score (nSPS) is 10.3. The maximum atomic E-state index is 13.1. The standard InChI is InChI=1S/C13H9ClF2N2O2/c14-9-5-18-2-1-7(9)6-20-13(19)8-3-10(15)11(16)4-12(8)17/h1-5H,6,17H2. The number of hydrogen-bond donors (Lipinski definition) is 1. The smallest absolute Gasteiger partial charge is 0.340 e. The van der Waals surface area contributed by atoms with Crippen LogP contribution in [0.25, 0.3) is 0 Å². The molecule has 20 heavy (non-hydrogen) atoms. The molecule has 0 radical (unpaired) electrons. The van der Waals surface area contributed by atoms with E-state index in [2.05, 4.69) is 4.98 Å². The Hall–Kier alpha value is -2.21. The third-order valence-corrected chi connectivity index (χ3v) is 2.87. The summed E-state index contributed by atoms with van der Waals surface area (Å²) in [6, 6.07) is 3.00. The van der Waals surface area contributed by atoms with Crippen molar-refractivity contribution < 1.29 is 18.3 Å². The van der Waals surface area contributed by atoms with Crippen molar-refractivity contribution in [2.45, 2.75) is 6.61 Å². The fourth-order valence-electron chi connectivity index (χ4n) is 1.48. The van der Waals surface area contributed by atoms with Crippen LogP contribution in [0.4, 0.5) is 14.5 Å². The summed E-state index contributed by atoms with van der Waals surface area (Å²) in [7, 11) is 0. The molecule has 0 amide bonds. The molecular formula is C13H9ClF2N2O2. The summed E-state index contributed by atoms with van der Waals surface area (Å²) in [6.07, 6.45) is 2.89. The molecule has 0 unspecified atom stereocenters. The number of nitrogens with zero attached hydrogens (tertiary/aromatic N) is 1. The monoisotopic (exact) mass is 298 g/mol. The molecule has 0 bridgehead atoms. The number of anilines is 1. The van der Waals surface area contributed by atoms with Crippen LogP contribution in [0.5, 0.6) is 0 Å². The van der Waals surface area contributed by atoms with Crippen molar-refractivity contribution in [3.05, 3.63) is 58.4 Å². The zero-order valence-corrected chi connectivity index (χ0v) is 10.8. The SMILES string of the molecule is Nc1cc(F)c(F)cc1C(=O)OCc1ccncc1Cl. The van der Waals surface area contributed by atoms with E-state index in [4.69, 9.17) is 22.1 Å². The molecule has 104 valence electrons. The van der Waals surface area contributed by atoms with Gasteiger partial charge in [-0.05, 0) is 12.1 Å². The molecule has 2 rings (SSSR count). The quantitative estimate of drug-likeness (QED) is 0.699. The van der Waals surface area contributed by atoms with Crippen LogP contribution in [0.2, 0.25) is 5.02 Å². The minimum atomic E-state index is -1.17. The van der Waals surface area contributed by atoms with E-state index in [1.165, 1.54) is 12.4 Å². The van der Waals surface area contributed by atoms with Crippen molar-refractivity contribution in [1.29, 1.82) is 0 Å². The number of esters is 1. The van der Waals surface area contributed by atoms with E-state index in [-0.39, 0.29) is 17.9 Å². The van der Waals surface area contributed by atoms with E-state index in [1.807, 2.05) is 0 Å². The maximum absolute atomic E-state index is 13.1. The van der Waals surface area contributed by atoms with E-state index in [9.17, 15) is 13.6 Å². The largest absolute Gasteiger partial charge is 0.457 e. The van der Waals surface area contributed by atoms with Crippen LogP contribution in [-0.4, -0.2) is 11.0 Å². The Morgan fingerprint density at radius 2 is 2.05 bits per heavy atom. The molecule has 4 nitrogen and oxygen atoms in total. The van der Waals surface area contributed by atoms with Gasteiger partial charge in [0.25, 0.3) is 0 Å². The number of nitrogens with two attached hydrogens (primary N) is 1. The lowest BCUT2D eigenvalue weighted by Crippen LogP contribution is -2.10. The fourth-order valence-corrected chi connectivity index (χ4v) is 1.65. The molecule has 0 aliphatic rings. The number of rotatable bonds is 3. The molecule has 0 saturated carbocycles. The average Bonchev–Trinajstić information content (AvgIpc) is 2.41. The molecule has 0 fully saturated rings. The maximum Gasteiger partial charge on any atom is 0.340 e. The summed E-state index contributed by atoms with van der Waals surface area (Å²) in [4.78, 5) is 15.5. The van der Waals surface area contributed by atoms with Gasteiger partial charge < -0.3 is 10.5 Å². The molecule has 0 atom stereocenters. The molecule has 0 spiro atoms. The number of pyridine rings is 1. The van der Waals surface area contributed by atoms with Crippen LogP contribution >= 0.6 is 11.6 Å². The van der Waals surface area contributed by atoms with Gasteiger partial charge in [0, 0.05) is 29.7 Å². The van der Waals surface area contributed by atoms with Crippen LogP contribution in [-0.2, 0) is 11.3 Å². The van der Waals surface area contributed by atoms with Crippen LogP contribution in [0.3, 0.4) is 0 Å². The van der Waals surface area contributed by atoms with Gasteiger partial charge in [-0.3, -0.25) is 4.98 Å². The first kappa shape index (κ1) is 14.2. The van der Waals surface area contributed by atoms with E-state index in [1.54, 1.807) is 6.07 Å². The predicted octanol–water partition coefficient (Wildman–Crippen LogP) is 2.95. The average molecular weight is 299 g/mol. The van der Waals surface area contributed by atoms with Crippen molar-refractivity contribution in [2.24, 2.45) is 0 Å². The lowest BCUT2D eigenvalue weighted by Gasteiger charge is -2.08. The van der Waals surface area contributed by atoms with Gasteiger partial charge in [-0.15, -0.1) is 0 Å². The van der Waals surface area contributed by atoms with Gasteiger partial charge in [-0.1, -0.05) is 11.6 Å². The van der Waals surface area contributed by atoms with Crippen LogP contribution in [0.1, 0.15) is 15.9 Å². The predicted molar refractivity (Wildman–Crippen MR) is 69.1 cm³/mol. The van der Waals surface area contributed by atoms with Crippen molar-refractivity contribution in [3.8, 4) is 0 Å². The highest BCUT2D eigenvalue weighted by Crippen LogP contribution is 2.20. The topological polar surface area (TPSA) is 65.2 Å². The third kappa shape index (κ3) is 3.03. The van der Waals surface area contributed by atoms with Gasteiger partial charge in [0.05, 0.1) is 10.6 Å². The Bertz CT molecular complexity index is 665. The van der Waals surface area contributed by atoms with E-state index < -0.39 is 17.6 Å². The van der Waals surface area contributed by atoms with Crippen molar-refractivity contribution >= 4 is 23.3 Å². The summed E-state index contributed by atoms with van der Waals surface area (Å²) in [5.74, 6) is -3.17. The second-order valence-electron chi connectivity index (χ2n) is 3.90. The first-order valence-corrected chi connectivity index (χ1v) is 5.87. The van der Waals surface area contributed by atoms with E-state index in [0.29, 0.717) is 16.7 Å². The molecule has 2 N–H and O–H groups in total. The van der Waals surface area contributed by atoms with E-state index in [0.717, 1.165) is 6.07 Å². The second-order valence-corrected chi connectivity index (χ2v) is 4.30. The Morgan fingerprint density at radius 1 is 1.35 bits per heavy atom.